The minimum atomic E-state index is -0.473. The summed E-state index contributed by atoms with van der Waals surface area (Å²) in [6.07, 6.45) is 0. The number of aromatic nitrogens is 3. The third-order valence-electron chi connectivity index (χ3n) is 7.58. The molecule has 0 saturated heterocycles. The van der Waals surface area contributed by atoms with E-state index in [9.17, 15) is 2.74 Å². The van der Waals surface area contributed by atoms with Crippen molar-refractivity contribution < 1.29 is 20.9 Å². The standard InChI is InChI=1S/C41H25N3O/c1-3-10-30-24-32(22-18-26(30)8-1)28-16-20-29(21-17-28)39-42-40(33-23-19-27-9-2-4-11-31(27)25-33)44-41(43-39)35-13-7-15-37-38(35)34-12-5-6-14-36(34)45-37/h1-25H/i2D,4D,5D,11D,13D,14D,16D,17D,19D,20D,21D,23D. The largest absolute Gasteiger partial charge is 0.456 e. The molecule has 0 spiro atoms. The lowest BCUT2D eigenvalue weighted by Crippen LogP contribution is -2.00. The van der Waals surface area contributed by atoms with Gasteiger partial charge in [0.15, 0.2) is 17.5 Å². The van der Waals surface area contributed by atoms with Crippen molar-refractivity contribution in [1.82, 2.24) is 15.0 Å². The Morgan fingerprint density at radius 2 is 1.22 bits per heavy atom. The smallest absolute Gasteiger partial charge is 0.164 e. The highest BCUT2D eigenvalue weighted by Gasteiger charge is 2.18. The maximum Gasteiger partial charge on any atom is 0.164 e. The van der Waals surface area contributed by atoms with E-state index in [1.165, 1.54) is 36.4 Å². The Bertz CT molecular complexity index is 3210. The molecule has 2 aromatic heterocycles. The molecule has 0 unspecified atom stereocenters. The maximum absolute atomic E-state index is 9.22. The van der Waals surface area contributed by atoms with Gasteiger partial charge in [0.05, 0.1) is 16.4 Å². The van der Waals surface area contributed by atoms with Crippen molar-refractivity contribution in [3.63, 3.8) is 0 Å². The van der Waals surface area contributed by atoms with Crippen molar-refractivity contribution in [2.45, 2.75) is 0 Å². The zero-order valence-electron chi connectivity index (χ0n) is 35.3. The molecule has 0 aliphatic carbocycles. The van der Waals surface area contributed by atoms with Crippen LogP contribution in [0.25, 0.3) is 88.8 Å². The van der Waals surface area contributed by atoms with Gasteiger partial charge in [-0.25, -0.2) is 15.0 Å². The van der Waals surface area contributed by atoms with Crippen LogP contribution in [-0.4, -0.2) is 15.0 Å². The summed E-state index contributed by atoms with van der Waals surface area (Å²) in [6, 6.07) is 17.6. The van der Waals surface area contributed by atoms with Gasteiger partial charge in [0, 0.05) is 27.5 Å². The second kappa shape index (κ2) is 10.2. The molecule has 45 heavy (non-hydrogen) atoms. The van der Waals surface area contributed by atoms with Gasteiger partial charge in [-0.05, 0) is 56.9 Å². The Labute approximate surface area is 276 Å². The van der Waals surface area contributed by atoms with Crippen molar-refractivity contribution >= 4 is 43.5 Å². The van der Waals surface area contributed by atoms with Gasteiger partial charge < -0.3 is 4.42 Å². The molecule has 0 N–H and O–H groups in total. The van der Waals surface area contributed by atoms with Crippen LogP contribution in [0.15, 0.2) is 156 Å². The summed E-state index contributed by atoms with van der Waals surface area (Å²) in [5.74, 6) is -0.813. The van der Waals surface area contributed by atoms with E-state index >= 15 is 0 Å². The Hall–Kier alpha value is -6.13. The Kier molecular flexibility index (Phi) is 3.66. The molecular formula is C41H25N3O. The van der Waals surface area contributed by atoms with E-state index in [0.29, 0.717) is 10.9 Å². The highest BCUT2D eigenvalue weighted by molar-refractivity contribution is 6.11. The molecule has 4 heteroatoms. The molecule has 0 aliphatic rings. The van der Waals surface area contributed by atoms with Crippen LogP contribution in [0.5, 0.6) is 0 Å². The Morgan fingerprint density at radius 3 is 2.13 bits per heavy atom. The number of nitrogens with zero attached hydrogens (tertiary/aromatic N) is 3. The SMILES string of the molecule is [2H]c1cc([2H])c2oc3ccc([2H])c(-c4nc(-c5cc6c([2H])c([2H])c([2H])cc6c([2H])c5[2H])nc(-c5c([2H])c([2H])c(-c6ccc7ccccc7c6)c([2H])c5[2H])n4)c3c2c1. The van der Waals surface area contributed by atoms with E-state index in [2.05, 4.69) is 15.0 Å². The summed E-state index contributed by atoms with van der Waals surface area (Å²) in [4.78, 5) is 13.9. The summed E-state index contributed by atoms with van der Waals surface area (Å²) in [7, 11) is 0. The lowest BCUT2D eigenvalue weighted by atomic mass is 10.00. The monoisotopic (exact) mass is 587 g/mol. The van der Waals surface area contributed by atoms with E-state index in [1.807, 2.05) is 30.3 Å². The summed E-state index contributed by atoms with van der Waals surface area (Å²) < 4.78 is 111. The maximum atomic E-state index is 9.22. The lowest BCUT2D eigenvalue weighted by molar-refractivity contribution is 0.669. The quantitative estimate of drug-likeness (QED) is 0.205. The van der Waals surface area contributed by atoms with E-state index in [1.54, 1.807) is 12.1 Å². The van der Waals surface area contributed by atoms with Crippen molar-refractivity contribution in [2.75, 3.05) is 0 Å². The summed E-state index contributed by atoms with van der Waals surface area (Å²) in [5, 5.41) is 2.55. The zero-order chi connectivity index (χ0) is 40.2. The summed E-state index contributed by atoms with van der Waals surface area (Å²) in [5.41, 5.74) is 0.581. The van der Waals surface area contributed by atoms with E-state index in [4.69, 9.17) is 18.1 Å². The lowest BCUT2D eigenvalue weighted by Gasteiger charge is -2.10. The molecule has 9 rings (SSSR count). The molecule has 0 bridgehead atoms. The van der Waals surface area contributed by atoms with Gasteiger partial charge in [-0.1, -0.05) is 127 Å². The molecule has 0 amide bonds. The number of furan rings is 1. The molecule has 9 aromatic rings. The van der Waals surface area contributed by atoms with Crippen molar-refractivity contribution in [2.24, 2.45) is 0 Å². The third kappa shape index (κ3) is 4.43. The van der Waals surface area contributed by atoms with Gasteiger partial charge in [0.25, 0.3) is 0 Å². The fourth-order valence-electron chi connectivity index (χ4n) is 5.41. The fraction of sp³-hybridized carbons (Fsp3) is 0. The summed E-state index contributed by atoms with van der Waals surface area (Å²) >= 11 is 0. The van der Waals surface area contributed by atoms with Crippen LogP contribution in [0.1, 0.15) is 16.4 Å². The molecule has 0 aliphatic heterocycles. The van der Waals surface area contributed by atoms with Crippen LogP contribution in [0.3, 0.4) is 0 Å². The minimum Gasteiger partial charge on any atom is -0.456 e. The van der Waals surface area contributed by atoms with Gasteiger partial charge in [-0.3, -0.25) is 0 Å². The predicted molar refractivity (Wildman–Crippen MR) is 184 cm³/mol. The number of fused-ring (bicyclic) bond motifs is 5. The number of hydrogen-bond donors (Lipinski definition) is 0. The van der Waals surface area contributed by atoms with Crippen LogP contribution in [0, 0.1) is 0 Å². The van der Waals surface area contributed by atoms with Crippen LogP contribution in [-0.2, 0) is 0 Å². The molecule has 0 saturated carbocycles. The van der Waals surface area contributed by atoms with Gasteiger partial charge in [0.2, 0.25) is 0 Å². The predicted octanol–water partition coefficient (Wildman–Crippen LogP) is 10.7. The topological polar surface area (TPSA) is 51.8 Å². The van der Waals surface area contributed by atoms with Gasteiger partial charge in [-0.15, -0.1) is 0 Å². The van der Waals surface area contributed by atoms with Crippen molar-refractivity contribution in [1.29, 1.82) is 0 Å². The first-order valence-corrected chi connectivity index (χ1v) is 14.0. The summed E-state index contributed by atoms with van der Waals surface area (Å²) in [6.45, 7) is 0. The van der Waals surface area contributed by atoms with E-state index in [-0.39, 0.29) is 115 Å². The normalized spacial score (nSPS) is 15.3. The molecule has 0 radical (unpaired) electrons. The molecule has 7 aromatic carbocycles. The molecule has 0 atom stereocenters. The Balaban J connectivity index is 1.37. The van der Waals surface area contributed by atoms with Crippen LogP contribution in [0.2, 0.25) is 0 Å². The van der Waals surface area contributed by atoms with E-state index < -0.39 is 24.2 Å². The van der Waals surface area contributed by atoms with Gasteiger partial charge in [-0.2, -0.15) is 0 Å². The van der Waals surface area contributed by atoms with Crippen LogP contribution >= 0.6 is 0 Å². The zero-order valence-corrected chi connectivity index (χ0v) is 23.3. The van der Waals surface area contributed by atoms with Gasteiger partial charge in [0.1, 0.15) is 11.2 Å². The number of hydrogen-bond acceptors (Lipinski definition) is 4. The first kappa shape index (κ1) is 16.1. The van der Waals surface area contributed by atoms with E-state index in [0.717, 1.165) is 10.8 Å². The van der Waals surface area contributed by atoms with Crippen molar-refractivity contribution in [3.8, 4) is 45.3 Å². The Morgan fingerprint density at radius 1 is 0.444 bits per heavy atom. The number of rotatable bonds is 4. The van der Waals surface area contributed by atoms with Crippen LogP contribution < -0.4 is 0 Å². The fourth-order valence-corrected chi connectivity index (χ4v) is 5.41. The second-order valence-corrected chi connectivity index (χ2v) is 10.3. The molecule has 2 heterocycles. The highest BCUT2D eigenvalue weighted by atomic mass is 16.3. The van der Waals surface area contributed by atoms with Gasteiger partial charge >= 0.3 is 0 Å². The first-order chi connectivity index (χ1) is 27.2. The first-order valence-electron chi connectivity index (χ1n) is 20.0. The molecular weight excluding hydrogens is 550 g/mol. The molecule has 210 valence electrons. The highest BCUT2D eigenvalue weighted by Crippen LogP contribution is 2.37. The van der Waals surface area contributed by atoms with Crippen molar-refractivity contribution in [3.05, 3.63) is 151 Å². The third-order valence-corrected chi connectivity index (χ3v) is 7.58. The molecule has 0 fully saturated rings. The molecule has 4 nitrogen and oxygen atoms in total. The average molecular weight is 588 g/mol. The second-order valence-electron chi connectivity index (χ2n) is 10.3. The van der Waals surface area contributed by atoms with Crippen LogP contribution in [0.4, 0.5) is 0 Å². The minimum absolute atomic E-state index is 0.0116. The number of benzene rings is 7. The number of para-hydroxylation sites is 1. The average Bonchev–Trinajstić information content (AvgIpc) is 3.56.